The highest BCUT2D eigenvalue weighted by atomic mass is 16.4. The summed E-state index contributed by atoms with van der Waals surface area (Å²) in [5.41, 5.74) is 0. The van der Waals surface area contributed by atoms with Crippen molar-refractivity contribution in [2.24, 2.45) is 0 Å². The van der Waals surface area contributed by atoms with Crippen molar-refractivity contribution in [3.8, 4) is 0 Å². The second-order valence-corrected chi connectivity index (χ2v) is 3.86. The molecule has 1 heterocycles. The first-order valence-electron chi connectivity index (χ1n) is 5.19. The summed E-state index contributed by atoms with van der Waals surface area (Å²) in [7, 11) is 0. The van der Waals surface area contributed by atoms with Crippen molar-refractivity contribution in [1.82, 2.24) is 10.2 Å². The number of hydrogen-bond acceptors (Lipinski definition) is 6. The zero-order chi connectivity index (χ0) is 13.0. The summed E-state index contributed by atoms with van der Waals surface area (Å²) < 4.78 is 0. The van der Waals surface area contributed by atoms with Crippen LogP contribution in [0.1, 0.15) is 6.42 Å². The smallest absolute Gasteiger partial charge is 0.324 e. The lowest BCUT2D eigenvalue weighted by Crippen LogP contribution is -2.54. The molecule has 98 valence electrons. The van der Waals surface area contributed by atoms with Gasteiger partial charge in [0.1, 0.15) is 18.3 Å². The monoisotopic (exact) mass is 248 g/mol. The standard InChI is InChI=1S/C9H16N2O6/c12-4-6(14)8(16)5(13)3-11-2-1-7(15)10-9(11)17/h5-6,8,12-14,16H,1-4H2,(H,10,15,17)/t5-,6-,8+/m0/s1. The number of nitrogens with zero attached hydrogens (tertiary/aromatic N) is 1. The molecule has 8 nitrogen and oxygen atoms in total. The predicted molar refractivity (Wildman–Crippen MR) is 54.8 cm³/mol. The maximum atomic E-state index is 11.3. The Morgan fingerprint density at radius 3 is 2.41 bits per heavy atom. The minimum atomic E-state index is -1.55. The van der Waals surface area contributed by atoms with Gasteiger partial charge >= 0.3 is 6.03 Å². The lowest BCUT2D eigenvalue weighted by Gasteiger charge is -2.30. The average Bonchev–Trinajstić information content (AvgIpc) is 2.30. The van der Waals surface area contributed by atoms with Crippen LogP contribution >= 0.6 is 0 Å². The lowest BCUT2D eigenvalue weighted by atomic mass is 10.1. The Balaban J connectivity index is 2.48. The van der Waals surface area contributed by atoms with Gasteiger partial charge in [-0.1, -0.05) is 0 Å². The Labute approximate surface area is 97.5 Å². The number of amides is 3. The Morgan fingerprint density at radius 1 is 1.24 bits per heavy atom. The average molecular weight is 248 g/mol. The van der Waals surface area contributed by atoms with Crippen LogP contribution < -0.4 is 5.32 Å². The van der Waals surface area contributed by atoms with E-state index in [1.54, 1.807) is 0 Å². The van der Waals surface area contributed by atoms with Crippen LogP contribution in [0.5, 0.6) is 0 Å². The maximum Gasteiger partial charge on any atom is 0.324 e. The number of carbonyl (C=O) groups is 2. The Bertz CT molecular complexity index is 297. The molecule has 0 aromatic heterocycles. The molecule has 0 bridgehead atoms. The summed E-state index contributed by atoms with van der Waals surface area (Å²) in [5.74, 6) is -0.392. The summed E-state index contributed by atoms with van der Waals surface area (Å²) in [6.07, 6.45) is -4.29. The molecule has 17 heavy (non-hydrogen) atoms. The Hall–Kier alpha value is -1.22. The van der Waals surface area contributed by atoms with Gasteiger partial charge in [-0.05, 0) is 0 Å². The number of carbonyl (C=O) groups excluding carboxylic acids is 2. The third kappa shape index (κ3) is 3.63. The molecule has 1 saturated heterocycles. The number of nitrogens with one attached hydrogen (secondary N) is 1. The van der Waals surface area contributed by atoms with Crippen LogP contribution in [0.15, 0.2) is 0 Å². The summed E-state index contributed by atoms with van der Waals surface area (Å²) in [6, 6.07) is -0.647. The number of aliphatic hydroxyl groups excluding tert-OH is 4. The van der Waals surface area contributed by atoms with Gasteiger partial charge in [0.25, 0.3) is 0 Å². The molecule has 0 aromatic carbocycles. The van der Waals surface area contributed by atoms with Gasteiger partial charge in [0.05, 0.1) is 13.2 Å². The maximum absolute atomic E-state index is 11.3. The largest absolute Gasteiger partial charge is 0.394 e. The van der Waals surface area contributed by atoms with E-state index in [-0.39, 0.29) is 19.5 Å². The van der Waals surface area contributed by atoms with E-state index < -0.39 is 36.9 Å². The number of β-amino-alcohol motifs (C(OH)–C–C–N with tert-alkyl or cyclic N) is 1. The van der Waals surface area contributed by atoms with E-state index in [2.05, 4.69) is 5.32 Å². The lowest BCUT2D eigenvalue weighted by molar-refractivity contribution is -0.122. The highest BCUT2D eigenvalue weighted by Gasteiger charge is 2.30. The van der Waals surface area contributed by atoms with E-state index in [1.807, 2.05) is 0 Å². The molecule has 0 radical (unpaired) electrons. The van der Waals surface area contributed by atoms with Gasteiger partial charge in [0.15, 0.2) is 0 Å². The minimum Gasteiger partial charge on any atom is -0.394 e. The number of aliphatic hydroxyl groups is 4. The van der Waals surface area contributed by atoms with Gasteiger partial charge in [-0.3, -0.25) is 10.1 Å². The van der Waals surface area contributed by atoms with Crippen LogP contribution in [0.4, 0.5) is 4.79 Å². The summed E-state index contributed by atoms with van der Waals surface area (Å²) in [5, 5.41) is 38.6. The molecule has 3 atom stereocenters. The Morgan fingerprint density at radius 2 is 1.88 bits per heavy atom. The molecule has 0 unspecified atom stereocenters. The van der Waals surface area contributed by atoms with E-state index in [4.69, 9.17) is 10.2 Å². The molecular weight excluding hydrogens is 232 g/mol. The fraction of sp³-hybridized carbons (Fsp3) is 0.778. The van der Waals surface area contributed by atoms with Gasteiger partial charge in [-0.2, -0.15) is 0 Å². The molecule has 0 aromatic rings. The van der Waals surface area contributed by atoms with Crippen LogP contribution in [-0.4, -0.2) is 75.3 Å². The fourth-order valence-electron chi connectivity index (χ4n) is 1.47. The van der Waals surface area contributed by atoms with Gasteiger partial charge in [-0.25, -0.2) is 4.79 Å². The van der Waals surface area contributed by atoms with Crippen LogP contribution in [-0.2, 0) is 4.79 Å². The van der Waals surface area contributed by atoms with Crippen LogP contribution in [0, 0.1) is 0 Å². The van der Waals surface area contributed by atoms with Crippen LogP contribution in [0.2, 0.25) is 0 Å². The van der Waals surface area contributed by atoms with Crippen molar-refractivity contribution in [2.45, 2.75) is 24.7 Å². The zero-order valence-electron chi connectivity index (χ0n) is 9.11. The highest BCUT2D eigenvalue weighted by Crippen LogP contribution is 2.06. The molecule has 5 N–H and O–H groups in total. The van der Waals surface area contributed by atoms with E-state index in [0.29, 0.717) is 0 Å². The van der Waals surface area contributed by atoms with Crippen molar-refractivity contribution in [2.75, 3.05) is 19.7 Å². The number of rotatable bonds is 5. The molecule has 1 aliphatic rings. The van der Waals surface area contributed by atoms with E-state index in [0.717, 1.165) is 4.90 Å². The van der Waals surface area contributed by atoms with Crippen molar-refractivity contribution >= 4 is 11.9 Å². The van der Waals surface area contributed by atoms with Crippen molar-refractivity contribution in [3.05, 3.63) is 0 Å². The van der Waals surface area contributed by atoms with Gasteiger partial charge in [0.2, 0.25) is 5.91 Å². The van der Waals surface area contributed by atoms with Gasteiger partial charge in [0, 0.05) is 13.0 Å². The van der Waals surface area contributed by atoms with E-state index in [1.165, 1.54) is 0 Å². The molecule has 3 amide bonds. The van der Waals surface area contributed by atoms with E-state index >= 15 is 0 Å². The van der Waals surface area contributed by atoms with Crippen LogP contribution in [0.3, 0.4) is 0 Å². The number of imide groups is 1. The molecule has 1 fully saturated rings. The third-order valence-corrected chi connectivity index (χ3v) is 2.53. The van der Waals surface area contributed by atoms with Gasteiger partial charge in [-0.15, -0.1) is 0 Å². The molecular formula is C9H16N2O6. The first-order chi connectivity index (χ1) is 7.95. The quantitative estimate of drug-likeness (QED) is 0.352. The molecule has 0 saturated carbocycles. The predicted octanol–water partition coefficient (Wildman–Crippen LogP) is -3.00. The molecule has 1 aliphatic heterocycles. The first-order valence-corrected chi connectivity index (χ1v) is 5.19. The second kappa shape index (κ2) is 5.92. The number of urea groups is 1. The second-order valence-electron chi connectivity index (χ2n) is 3.86. The molecule has 0 aliphatic carbocycles. The summed E-state index contributed by atoms with van der Waals surface area (Å²) >= 11 is 0. The fourth-order valence-corrected chi connectivity index (χ4v) is 1.47. The molecule has 0 spiro atoms. The van der Waals surface area contributed by atoms with Gasteiger partial charge < -0.3 is 25.3 Å². The van der Waals surface area contributed by atoms with E-state index in [9.17, 15) is 19.8 Å². The SMILES string of the molecule is O=C1CCN(C[C@H](O)[C@@H](O)[C@@H](O)CO)C(=O)N1. The third-order valence-electron chi connectivity index (χ3n) is 2.53. The normalized spacial score (nSPS) is 22.0. The topological polar surface area (TPSA) is 130 Å². The van der Waals surface area contributed by atoms with Crippen molar-refractivity contribution < 1.29 is 30.0 Å². The summed E-state index contributed by atoms with van der Waals surface area (Å²) in [6.45, 7) is -0.774. The molecule has 1 rings (SSSR count). The summed E-state index contributed by atoms with van der Waals surface area (Å²) in [4.78, 5) is 23.3. The Kier molecular flexibility index (Phi) is 4.82. The highest BCUT2D eigenvalue weighted by molar-refractivity contribution is 5.96. The zero-order valence-corrected chi connectivity index (χ0v) is 9.11. The number of hydrogen-bond donors (Lipinski definition) is 5. The first kappa shape index (κ1) is 13.8. The minimum absolute atomic E-state index is 0.122. The van der Waals surface area contributed by atoms with Crippen LogP contribution in [0.25, 0.3) is 0 Å². The van der Waals surface area contributed by atoms with Crippen molar-refractivity contribution in [3.63, 3.8) is 0 Å². The molecule has 8 heteroatoms. The van der Waals surface area contributed by atoms with Crippen molar-refractivity contribution in [1.29, 1.82) is 0 Å².